The fourth-order valence-corrected chi connectivity index (χ4v) is 4.32. The summed E-state index contributed by atoms with van der Waals surface area (Å²) in [7, 11) is 0. The quantitative estimate of drug-likeness (QED) is 0.808. The Morgan fingerprint density at radius 2 is 2.28 bits per heavy atom. The van der Waals surface area contributed by atoms with Gasteiger partial charge in [0, 0.05) is 6.04 Å². The summed E-state index contributed by atoms with van der Waals surface area (Å²) in [5.41, 5.74) is 1.80. The Balaban J connectivity index is 1.72. The molecule has 1 N–H and O–H groups in total. The van der Waals surface area contributed by atoms with E-state index in [1.54, 1.807) is 6.07 Å². The van der Waals surface area contributed by atoms with Gasteiger partial charge < -0.3 is 10.2 Å². The van der Waals surface area contributed by atoms with Crippen LogP contribution in [0.3, 0.4) is 0 Å². The third-order valence-corrected chi connectivity index (χ3v) is 5.10. The van der Waals surface area contributed by atoms with Crippen molar-refractivity contribution in [2.45, 2.75) is 31.5 Å². The van der Waals surface area contributed by atoms with Crippen molar-refractivity contribution in [3.8, 4) is 0 Å². The average molecular weight is 310 g/mol. The Morgan fingerprint density at radius 3 is 3.00 bits per heavy atom. The number of nitrogens with zero attached hydrogens (tertiary/aromatic N) is 2. The van der Waals surface area contributed by atoms with E-state index in [2.05, 4.69) is 31.1 Å². The number of hydrogen-bond donors (Lipinski definition) is 1. The summed E-state index contributed by atoms with van der Waals surface area (Å²) in [6, 6.07) is 3.83. The molecule has 1 saturated heterocycles. The molecule has 18 heavy (non-hydrogen) atoms. The highest BCUT2D eigenvalue weighted by Gasteiger charge is 2.50. The van der Waals surface area contributed by atoms with Crippen molar-refractivity contribution in [1.29, 1.82) is 0 Å². The fraction of sp³-hybridized carbons (Fsp3) is 0.462. The lowest BCUT2D eigenvalue weighted by atomic mass is 10.1. The SMILES string of the molecule is Fc1ccc(C2=C(Br)N3C(N2)C2CC[C@@H]3C2)nc1. The maximum Gasteiger partial charge on any atom is 0.141 e. The minimum Gasteiger partial charge on any atom is -0.361 e. The van der Waals surface area contributed by atoms with Crippen molar-refractivity contribution < 1.29 is 4.39 Å². The third kappa shape index (κ3) is 1.37. The molecule has 1 aromatic rings. The van der Waals surface area contributed by atoms with Gasteiger partial charge in [-0.25, -0.2) is 4.39 Å². The first kappa shape index (κ1) is 10.8. The van der Waals surface area contributed by atoms with Crippen molar-refractivity contribution in [2.24, 2.45) is 5.92 Å². The van der Waals surface area contributed by atoms with Crippen LogP contribution in [0.25, 0.3) is 5.70 Å². The molecule has 1 aliphatic carbocycles. The molecule has 5 heteroatoms. The van der Waals surface area contributed by atoms with Crippen molar-refractivity contribution in [3.05, 3.63) is 34.4 Å². The lowest BCUT2D eigenvalue weighted by Gasteiger charge is -2.31. The predicted molar refractivity (Wildman–Crippen MR) is 69.9 cm³/mol. The highest BCUT2D eigenvalue weighted by molar-refractivity contribution is 9.11. The predicted octanol–water partition coefficient (Wildman–Crippen LogP) is 2.66. The molecule has 2 aliphatic heterocycles. The second-order valence-electron chi connectivity index (χ2n) is 5.25. The number of aromatic nitrogens is 1. The molecule has 0 aromatic carbocycles. The maximum atomic E-state index is 12.9. The van der Waals surface area contributed by atoms with Crippen LogP contribution < -0.4 is 5.32 Å². The van der Waals surface area contributed by atoms with E-state index in [0.29, 0.717) is 12.2 Å². The highest BCUT2D eigenvalue weighted by Crippen LogP contribution is 2.49. The Kier molecular flexibility index (Phi) is 2.22. The van der Waals surface area contributed by atoms with Crippen LogP contribution >= 0.6 is 15.9 Å². The Labute approximate surface area is 113 Å². The van der Waals surface area contributed by atoms with Crippen LogP contribution in [0.5, 0.6) is 0 Å². The molecule has 1 aromatic heterocycles. The van der Waals surface area contributed by atoms with Gasteiger partial charge in [-0.05, 0) is 53.2 Å². The van der Waals surface area contributed by atoms with Gasteiger partial charge in [0.25, 0.3) is 0 Å². The summed E-state index contributed by atoms with van der Waals surface area (Å²) in [4.78, 5) is 6.58. The van der Waals surface area contributed by atoms with Crippen LogP contribution in [-0.2, 0) is 0 Å². The van der Waals surface area contributed by atoms with E-state index in [1.165, 1.54) is 31.5 Å². The van der Waals surface area contributed by atoms with Crippen molar-refractivity contribution >= 4 is 21.6 Å². The lowest BCUT2D eigenvalue weighted by molar-refractivity contribution is 0.203. The third-order valence-electron chi connectivity index (χ3n) is 4.29. The summed E-state index contributed by atoms with van der Waals surface area (Å²) in [5.74, 6) is 0.439. The lowest BCUT2D eigenvalue weighted by Crippen LogP contribution is -2.41. The molecule has 1 saturated carbocycles. The molecule has 0 amide bonds. The van der Waals surface area contributed by atoms with E-state index in [4.69, 9.17) is 0 Å². The summed E-state index contributed by atoms with van der Waals surface area (Å²) in [5, 5.41) is 3.54. The van der Waals surface area contributed by atoms with E-state index in [-0.39, 0.29) is 5.82 Å². The average Bonchev–Trinajstić information content (AvgIpc) is 3.03. The molecule has 2 fully saturated rings. The minimum atomic E-state index is -0.297. The standard InChI is InChI=1S/C13H13BrFN3/c14-12-11(10-4-2-8(15)6-16-10)17-13-7-1-3-9(5-7)18(12)13/h2,4,6-7,9,13,17H,1,3,5H2/t7?,9-,13?/m1/s1. The molecule has 0 spiro atoms. The van der Waals surface area contributed by atoms with E-state index < -0.39 is 0 Å². The fourth-order valence-electron chi connectivity index (χ4n) is 3.49. The Hall–Kier alpha value is -1.10. The second kappa shape index (κ2) is 3.70. The second-order valence-corrected chi connectivity index (χ2v) is 6.00. The van der Waals surface area contributed by atoms with Gasteiger partial charge >= 0.3 is 0 Å². The van der Waals surface area contributed by atoms with Crippen LogP contribution in [0.2, 0.25) is 0 Å². The van der Waals surface area contributed by atoms with Crippen molar-refractivity contribution in [1.82, 2.24) is 15.2 Å². The van der Waals surface area contributed by atoms with Gasteiger partial charge in [-0.3, -0.25) is 4.98 Å². The van der Waals surface area contributed by atoms with Gasteiger partial charge in [0.05, 0.1) is 17.6 Å². The largest absolute Gasteiger partial charge is 0.361 e. The zero-order valence-corrected chi connectivity index (χ0v) is 11.3. The number of fused-ring (bicyclic) bond motifs is 5. The van der Waals surface area contributed by atoms with E-state index in [1.807, 2.05) is 0 Å². The number of hydrogen-bond acceptors (Lipinski definition) is 3. The van der Waals surface area contributed by atoms with Gasteiger partial charge in [-0.2, -0.15) is 0 Å². The first-order valence-electron chi connectivity index (χ1n) is 6.30. The zero-order chi connectivity index (χ0) is 12.3. The number of rotatable bonds is 1. The first-order chi connectivity index (χ1) is 8.74. The smallest absolute Gasteiger partial charge is 0.141 e. The van der Waals surface area contributed by atoms with Gasteiger partial charge in [0.2, 0.25) is 0 Å². The van der Waals surface area contributed by atoms with Crippen LogP contribution in [0, 0.1) is 11.7 Å². The normalized spacial score (nSPS) is 33.0. The van der Waals surface area contributed by atoms with Gasteiger partial charge in [0.1, 0.15) is 16.6 Å². The topological polar surface area (TPSA) is 28.2 Å². The maximum absolute atomic E-state index is 12.9. The monoisotopic (exact) mass is 309 g/mol. The van der Waals surface area contributed by atoms with E-state index in [0.717, 1.165) is 21.9 Å². The minimum absolute atomic E-state index is 0.297. The molecule has 3 aliphatic rings. The molecule has 4 rings (SSSR count). The van der Waals surface area contributed by atoms with E-state index >= 15 is 0 Å². The molecule has 2 unspecified atom stereocenters. The Bertz CT molecular complexity index is 528. The van der Waals surface area contributed by atoms with Gasteiger partial charge in [-0.15, -0.1) is 0 Å². The summed E-state index contributed by atoms with van der Waals surface area (Å²) in [6.45, 7) is 0. The molecule has 94 valence electrons. The van der Waals surface area contributed by atoms with Gasteiger partial charge in [-0.1, -0.05) is 0 Å². The molecule has 2 bridgehead atoms. The van der Waals surface area contributed by atoms with Gasteiger partial charge in [0.15, 0.2) is 0 Å². The highest BCUT2D eigenvalue weighted by atomic mass is 79.9. The number of nitrogens with one attached hydrogen (secondary N) is 1. The first-order valence-corrected chi connectivity index (χ1v) is 7.10. The van der Waals surface area contributed by atoms with Crippen molar-refractivity contribution in [2.75, 3.05) is 0 Å². The zero-order valence-electron chi connectivity index (χ0n) is 9.74. The number of pyridine rings is 1. The summed E-state index contributed by atoms with van der Waals surface area (Å²) in [6.07, 6.45) is 5.55. The summed E-state index contributed by atoms with van der Waals surface area (Å²) >= 11 is 3.68. The Morgan fingerprint density at radius 1 is 1.39 bits per heavy atom. The molecule has 3 nitrogen and oxygen atoms in total. The van der Waals surface area contributed by atoms with Crippen LogP contribution in [0.15, 0.2) is 22.9 Å². The molecule has 0 radical (unpaired) electrons. The van der Waals surface area contributed by atoms with Crippen LogP contribution in [-0.4, -0.2) is 22.1 Å². The molecular weight excluding hydrogens is 297 g/mol. The van der Waals surface area contributed by atoms with Crippen molar-refractivity contribution in [3.63, 3.8) is 0 Å². The van der Waals surface area contributed by atoms with E-state index in [9.17, 15) is 4.39 Å². The summed E-state index contributed by atoms with van der Waals surface area (Å²) < 4.78 is 14.0. The van der Waals surface area contributed by atoms with Crippen LogP contribution in [0.1, 0.15) is 25.0 Å². The molecule has 3 atom stereocenters. The number of halogens is 2. The number of piperidine rings is 1. The molecular formula is C13H13BrFN3. The molecule has 3 heterocycles. The van der Waals surface area contributed by atoms with Crippen LogP contribution in [0.4, 0.5) is 4.39 Å².